The first-order valence-electron chi connectivity index (χ1n) is 15.9. The van der Waals surface area contributed by atoms with Gasteiger partial charge in [-0.25, -0.2) is 4.79 Å². The number of carboxylic acid groups (broad SMARTS) is 1. The van der Waals surface area contributed by atoms with Gasteiger partial charge in [-0.15, -0.1) is 0 Å². The van der Waals surface area contributed by atoms with Gasteiger partial charge in [-0.2, -0.15) is 0 Å². The van der Waals surface area contributed by atoms with Crippen LogP contribution in [0.4, 0.5) is 4.79 Å². The summed E-state index contributed by atoms with van der Waals surface area (Å²) in [4.78, 5) is 58.3. The second-order valence-corrected chi connectivity index (χ2v) is 13.1. The van der Waals surface area contributed by atoms with E-state index in [0.29, 0.717) is 74.5 Å². The zero-order chi connectivity index (χ0) is 33.3. The van der Waals surface area contributed by atoms with E-state index in [4.69, 9.17) is 9.84 Å². The Kier molecular flexibility index (Phi) is 11.6. The van der Waals surface area contributed by atoms with E-state index in [-0.39, 0.29) is 24.0 Å². The van der Waals surface area contributed by atoms with E-state index in [0.717, 1.165) is 12.8 Å². The molecular weight excluding hydrogens is 588 g/mol. The number of carbonyl (C=O) groups excluding carboxylic acids is 3. The Morgan fingerprint density at radius 3 is 2.46 bits per heavy atom. The highest BCUT2D eigenvalue weighted by molar-refractivity contribution is 5.82. The number of likely N-dealkylation sites (tertiary alicyclic amines) is 2. The Morgan fingerprint density at radius 2 is 1.76 bits per heavy atom. The molecule has 0 aliphatic carbocycles. The average molecular weight is 633 g/mol. The molecule has 1 aromatic heterocycles. The van der Waals surface area contributed by atoms with Gasteiger partial charge in [-0.1, -0.05) is 17.9 Å². The summed E-state index contributed by atoms with van der Waals surface area (Å²) in [6.07, 6.45) is 6.06. The maximum atomic E-state index is 13.6. The van der Waals surface area contributed by atoms with Crippen molar-refractivity contribution in [1.29, 1.82) is 0 Å². The maximum absolute atomic E-state index is 13.6. The van der Waals surface area contributed by atoms with Crippen molar-refractivity contribution in [2.75, 3.05) is 26.2 Å². The van der Waals surface area contributed by atoms with Crippen molar-refractivity contribution < 1.29 is 34.1 Å². The standard InChI is InChI=1S/C35H44N4O7/c1-35(2,3)46-32(42)20-30(28-18-26(21-36-22-28)10-9-25-6-4-8-29(40)19-25)37-33(43)27-7-5-15-39(23-27)31(41)12-11-24-13-16-38(17-14-24)34(44)45/h4,6,8,18-19,21-22,24,27,30,40H,5,7,11-17,20,23H2,1-3H3,(H,37,43)(H,44,45)/t27-,30+/m1/s1. The number of esters is 1. The van der Waals surface area contributed by atoms with Crippen molar-refractivity contribution in [3.05, 3.63) is 59.4 Å². The fourth-order valence-corrected chi connectivity index (χ4v) is 5.85. The van der Waals surface area contributed by atoms with Crippen molar-refractivity contribution >= 4 is 23.9 Å². The number of phenolic OH excluding ortho intramolecular Hbond substituents is 1. The summed E-state index contributed by atoms with van der Waals surface area (Å²) in [6.45, 7) is 7.22. The minimum absolute atomic E-state index is 0.00526. The highest BCUT2D eigenvalue weighted by atomic mass is 16.6. The van der Waals surface area contributed by atoms with E-state index in [1.54, 1.807) is 68.4 Å². The van der Waals surface area contributed by atoms with Gasteiger partial charge in [0.15, 0.2) is 0 Å². The molecule has 0 unspecified atom stereocenters. The van der Waals surface area contributed by atoms with Gasteiger partial charge in [0.05, 0.1) is 18.4 Å². The molecule has 2 atom stereocenters. The number of hydrogen-bond donors (Lipinski definition) is 3. The predicted octanol–water partition coefficient (Wildman–Crippen LogP) is 4.48. The molecule has 3 heterocycles. The second kappa shape index (κ2) is 15.6. The number of carbonyl (C=O) groups is 4. The van der Waals surface area contributed by atoms with Crippen LogP contribution in [-0.4, -0.2) is 80.7 Å². The maximum Gasteiger partial charge on any atom is 0.407 e. The molecule has 246 valence electrons. The van der Waals surface area contributed by atoms with E-state index in [1.807, 2.05) is 0 Å². The monoisotopic (exact) mass is 632 g/mol. The second-order valence-electron chi connectivity index (χ2n) is 13.1. The Balaban J connectivity index is 1.41. The van der Waals surface area contributed by atoms with Gasteiger partial charge >= 0.3 is 12.1 Å². The molecule has 0 radical (unpaired) electrons. The van der Waals surface area contributed by atoms with Gasteiger partial charge in [0.2, 0.25) is 11.8 Å². The van der Waals surface area contributed by atoms with Crippen LogP contribution in [0.3, 0.4) is 0 Å². The van der Waals surface area contributed by atoms with E-state index in [9.17, 15) is 24.3 Å². The number of phenols is 1. The summed E-state index contributed by atoms with van der Waals surface area (Å²) in [5.74, 6) is 5.30. The number of benzene rings is 1. The third kappa shape index (κ3) is 10.5. The van der Waals surface area contributed by atoms with Crippen LogP contribution in [0.1, 0.15) is 88.4 Å². The summed E-state index contributed by atoms with van der Waals surface area (Å²) in [5, 5.41) is 21.9. The van der Waals surface area contributed by atoms with Crippen LogP contribution < -0.4 is 5.32 Å². The first-order valence-corrected chi connectivity index (χ1v) is 15.9. The first kappa shape index (κ1) is 34.3. The van der Waals surface area contributed by atoms with Crippen molar-refractivity contribution in [2.45, 2.75) is 77.4 Å². The number of piperidine rings is 2. The molecule has 2 aliphatic heterocycles. The molecule has 0 spiro atoms. The van der Waals surface area contributed by atoms with Gasteiger partial charge in [-0.3, -0.25) is 19.4 Å². The largest absolute Gasteiger partial charge is 0.508 e. The third-order valence-electron chi connectivity index (χ3n) is 8.26. The third-order valence-corrected chi connectivity index (χ3v) is 8.26. The number of hydrogen-bond acceptors (Lipinski definition) is 7. The molecule has 2 aromatic rings. The highest BCUT2D eigenvalue weighted by Gasteiger charge is 2.32. The predicted molar refractivity (Wildman–Crippen MR) is 171 cm³/mol. The van der Waals surface area contributed by atoms with Crippen LogP contribution in [0.25, 0.3) is 0 Å². The molecule has 46 heavy (non-hydrogen) atoms. The van der Waals surface area contributed by atoms with Crippen LogP contribution in [0.15, 0.2) is 42.7 Å². The van der Waals surface area contributed by atoms with E-state index < -0.39 is 29.6 Å². The van der Waals surface area contributed by atoms with Crippen molar-refractivity contribution in [3.8, 4) is 17.6 Å². The molecular formula is C35H44N4O7. The summed E-state index contributed by atoms with van der Waals surface area (Å²) in [5.41, 5.74) is 1.10. The molecule has 3 amide bonds. The van der Waals surface area contributed by atoms with Crippen molar-refractivity contribution in [1.82, 2.24) is 20.1 Å². The number of ether oxygens (including phenoxy) is 1. The van der Waals surface area contributed by atoms with Crippen molar-refractivity contribution in [2.24, 2.45) is 11.8 Å². The summed E-state index contributed by atoms with van der Waals surface area (Å²) in [7, 11) is 0. The Morgan fingerprint density at radius 1 is 1.02 bits per heavy atom. The summed E-state index contributed by atoms with van der Waals surface area (Å²) < 4.78 is 5.56. The number of pyridine rings is 1. The van der Waals surface area contributed by atoms with Gasteiger partial charge in [0.25, 0.3) is 0 Å². The van der Waals surface area contributed by atoms with E-state index >= 15 is 0 Å². The Bertz CT molecular complexity index is 1470. The summed E-state index contributed by atoms with van der Waals surface area (Å²) in [6, 6.07) is 7.65. The van der Waals surface area contributed by atoms with Crippen molar-refractivity contribution in [3.63, 3.8) is 0 Å². The number of nitrogens with one attached hydrogen (secondary N) is 1. The Labute approximate surface area is 270 Å². The molecule has 2 saturated heterocycles. The SMILES string of the molecule is CC(C)(C)OC(=O)C[C@H](NC(=O)[C@@H]1CCCN(C(=O)CCC2CCN(C(=O)O)CC2)C1)c1cncc(C#Cc2cccc(O)c2)c1. The van der Waals surface area contributed by atoms with E-state index in [2.05, 4.69) is 22.1 Å². The zero-order valence-corrected chi connectivity index (χ0v) is 26.8. The van der Waals surface area contributed by atoms with Crippen LogP contribution >= 0.6 is 0 Å². The lowest BCUT2D eigenvalue weighted by Gasteiger charge is -2.34. The van der Waals surface area contributed by atoms with Crippen LogP contribution in [0.2, 0.25) is 0 Å². The number of nitrogens with zero attached hydrogens (tertiary/aromatic N) is 3. The minimum Gasteiger partial charge on any atom is -0.508 e. The first-order chi connectivity index (χ1) is 21.9. The summed E-state index contributed by atoms with van der Waals surface area (Å²) >= 11 is 0. The molecule has 1 aromatic carbocycles. The molecule has 11 nitrogen and oxygen atoms in total. The van der Waals surface area contributed by atoms with Crippen LogP contribution in [0, 0.1) is 23.7 Å². The number of aromatic hydroxyl groups is 1. The molecule has 2 aliphatic rings. The molecule has 2 fully saturated rings. The lowest BCUT2D eigenvalue weighted by molar-refractivity contribution is -0.155. The smallest absolute Gasteiger partial charge is 0.407 e. The average Bonchev–Trinajstić information content (AvgIpc) is 3.02. The number of rotatable bonds is 8. The number of aromatic nitrogens is 1. The zero-order valence-electron chi connectivity index (χ0n) is 26.8. The number of amides is 3. The van der Waals surface area contributed by atoms with Gasteiger partial charge in [-0.05, 0) is 88.6 Å². The van der Waals surface area contributed by atoms with Crippen LogP contribution in [-0.2, 0) is 19.1 Å². The van der Waals surface area contributed by atoms with E-state index in [1.165, 1.54) is 4.90 Å². The van der Waals surface area contributed by atoms with Gasteiger partial charge in [0, 0.05) is 56.1 Å². The molecule has 11 heteroatoms. The lowest BCUT2D eigenvalue weighted by Crippen LogP contribution is -2.46. The fraction of sp³-hybridized carbons (Fsp3) is 0.514. The molecule has 3 N–H and O–H groups in total. The topological polar surface area (TPSA) is 149 Å². The Hall–Kier alpha value is -4.59. The minimum atomic E-state index is -0.900. The highest BCUT2D eigenvalue weighted by Crippen LogP contribution is 2.26. The molecule has 4 rings (SSSR count). The molecule has 0 saturated carbocycles. The van der Waals surface area contributed by atoms with Gasteiger partial charge in [0.1, 0.15) is 11.4 Å². The fourth-order valence-electron chi connectivity index (χ4n) is 5.85. The quantitative estimate of drug-likeness (QED) is 0.285. The van der Waals surface area contributed by atoms with Crippen LogP contribution in [0.5, 0.6) is 5.75 Å². The van der Waals surface area contributed by atoms with Gasteiger partial charge < -0.3 is 30.1 Å². The molecule has 0 bridgehead atoms. The normalized spacial score (nSPS) is 17.8. The lowest BCUT2D eigenvalue weighted by atomic mass is 9.91.